The second kappa shape index (κ2) is 6.04. The molecular formula is C15H22N2O2. The van der Waals surface area contributed by atoms with E-state index in [0.29, 0.717) is 5.92 Å². The quantitative estimate of drug-likeness (QED) is 0.829. The van der Waals surface area contributed by atoms with Crippen LogP contribution in [0.3, 0.4) is 0 Å². The van der Waals surface area contributed by atoms with Crippen LogP contribution in [-0.2, 0) is 22.4 Å². The minimum absolute atomic E-state index is 0.226. The van der Waals surface area contributed by atoms with Gasteiger partial charge in [-0.1, -0.05) is 19.9 Å². The second-order valence-electron chi connectivity index (χ2n) is 5.51. The predicted molar refractivity (Wildman–Crippen MR) is 75.1 cm³/mol. The highest BCUT2D eigenvalue weighted by Gasteiger charge is 2.21. The van der Waals surface area contributed by atoms with E-state index in [4.69, 9.17) is 4.74 Å². The summed E-state index contributed by atoms with van der Waals surface area (Å²) in [4.78, 5) is 16.4. The Morgan fingerprint density at radius 1 is 1.42 bits per heavy atom. The van der Waals surface area contributed by atoms with E-state index < -0.39 is 0 Å². The number of nitrogens with zero attached hydrogens (tertiary/aromatic N) is 1. The van der Waals surface area contributed by atoms with Crippen LogP contribution in [0.1, 0.15) is 37.9 Å². The van der Waals surface area contributed by atoms with Gasteiger partial charge < -0.3 is 10.1 Å². The Bertz CT molecular complexity index is 457. The number of rotatable bonds is 5. The molecule has 0 fully saturated rings. The number of methoxy groups -OCH3 is 1. The number of aryl methyl sites for hydroxylation is 2. The number of pyridine rings is 1. The molecule has 1 unspecified atom stereocenters. The summed E-state index contributed by atoms with van der Waals surface area (Å²) in [5, 5.41) is 3.21. The topological polar surface area (TPSA) is 51.2 Å². The Morgan fingerprint density at radius 2 is 2.21 bits per heavy atom. The van der Waals surface area contributed by atoms with E-state index in [2.05, 4.69) is 30.2 Å². The van der Waals surface area contributed by atoms with Crippen molar-refractivity contribution in [2.24, 2.45) is 5.92 Å². The van der Waals surface area contributed by atoms with Crippen LogP contribution in [0.4, 0.5) is 5.82 Å². The molecule has 2 rings (SSSR count). The van der Waals surface area contributed by atoms with Gasteiger partial charge >= 0.3 is 5.97 Å². The highest BCUT2D eigenvalue weighted by molar-refractivity contribution is 5.78. The number of hydrogen-bond donors (Lipinski definition) is 1. The van der Waals surface area contributed by atoms with Crippen LogP contribution in [0.2, 0.25) is 0 Å². The lowest BCUT2D eigenvalue weighted by atomic mass is 10.0. The molecule has 1 aromatic rings. The molecule has 4 heteroatoms. The average molecular weight is 262 g/mol. The van der Waals surface area contributed by atoms with Gasteiger partial charge in [-0.2, -0.15) is 0 Å². The molecule has 0 saturated heterocycles. The van der Waals surface area contributed by atoms with Crippen LogP contribution in [-0.4, -0.2) is 24.1 Å². The van der Waals surface area contributed by atoms with Gasteiger partial charge in [0.25, 0.3) is 0 Å². The maximum absolute atomic E-state index is 11.8. The first-order valence-electron chi connectivity index (χ1n) is 6.93. The molecule has 0 spiro atoms. The van der Waals surface area contributed by atoms with Gasteiger partial charge in [-0.15, -0.1) is 0 Å². The zero-order chi connectivity index (χ0) is 13.8. The summed E-state index contributed by atoms with van der Waals surface area (Å²) in [6.45, 7) is 4.18. The number of ether oxygens (including phenoxy) is 1. The molecular weight excluding hydrogens is 240 g/mol. The smallest absolute Gasteiger partial charge is 0.328 e. The summed E-state index contributed by atoms with van der Waals surface area (Å²) >= 11 is 0. The maximum atomic E-state index is 11.8. The van der Waals surface area contributed by atoms with Gasteiger partial charge in [0.15, 0.2) is 0 Å². The van der Waals surface area contributed by atoms with Crippen molar-refractivity contribution in [3.8, 4) is 0 Å². The van der Waals surface area contributed by atoms with Crippen molar-refractivity contribution in [1.82, 2.24) is 4.98 Å². The molecule has 1 aromatic heterocycles. The third-order valence-corrected chi connectivity index (χ3v) is 3.44. The first kappa shape index (κ1) is 13.8. The van der Waals surface area contributed by atoms with Gasteiger partial charge in [-0.25, -0.2) is 9.78 Å². The number of carbonyl (C=O) groups is 1. The van der Waals surface area contributed by atoms with Gasteiger partial charge in [-0.3, -0.25) is 0 Å². The Kier molecular flexibility index (Phi) is 4.40. The highest BCUT2D eigenvalue weighted by atomic mass is 16.5. The fraction of sp³-hybridized carbons (Fsp3) is 0.600. The molecule has 19 heavy (non-hydrogen) atoms. The van der Waals surface area contributed by atoms with Crippen molar-refractivity contribution in [2.75, 3.05) is 12.4 Å². The lowest BCUT2D eigenvalue weighted by Crippen LogP contribution is -2.32. The molecule has 0 aromatic carbocycles. The molecule has 0 radical (unpaired) electrons. The number of hydrogen-bond acceptors (Lipinski definition) is 4. The normalized spacial score (nSPS) is 15.2. The van der Waals surface area contributed by atoms with Gasteiger partial charge in [0.1, 0.15) is 11.9 Å². The van der Waals surface area contributed by atoms with Crippen LogP contribution >= 0.6 is 0 Å². The summed E-state index contributed by atoms with van der Waals surface area (Å²) < 4.78 is 4.85. The van der Waals surface area contributed by atoms with E-state index in [1.807, 2.05) is 6.07 Å². The van der Waals surface area contributed by atoms with Crippen molar-refractivity contribution in [3.63, 3.8) is 0 Å². The third-order valence-electron chi connectivity index (χ3n) is 3.44. The van der Waals surface area contributed by atoms with E-state index in [1.54, 1.807) is 0 Å². The van der Waals surface area contributed by atoms with Gasteiger partial charge in [0, 0.05) is 5.69 Å². The van der Waals surface area contributed by atoms with Crippen molar-refractivity contribution >= 4 is 11.8 Å². The van der Waals surface area contributed by atoms with Crippen LogP contribution < -0.4 is 5.32 Å². The number of esters is 1. The summed E-state index contributed by atoms with van der Waals surface area (Å²) in [5.41, 5.74) is 2.50. The fourth-order valence-corrected chi connectivity index (χ4v) is 2.51. The molecule has 1 N–H and O–H groups in total. The Hall–Kier alpha value is -1.58. The maximum Gasteiger partial charge on any atom is 0.328 e. The van der Waals surface area contributed by atoms with E-state index in [1.165, 1.54) is 19.1 Å². The molecule has 0 amide bonds. The molecule has 0 bridgehead atoms. The fourth-order valence-electron chi connectivity index (χ4n) is 2.51. The standard InChI is InChI=1S/C15H22N2O2/c1-10(2)9-13(15(18)19-3)17-14-8-7-11-5-4-6-12(11)16-14/h7-8,10,13H,4-6,9H2,1-3H3,(H,16,17). The minimum Gasteiger partial charge on any atom is -0.467 e. The Morgan fingerprint density at radius 3 is 2.89 bits per heavy atom. The van der Waals surface area contributed by atoms with E-state index in [-0.39, 0.29) is 12.0 Å². The molecule has 1 atom stereocenters. The molecule has 0 aliphatic heterocycles. The van der Waals surface area contributed by atoms with Crippen molar-refractivity contribution < 1.29 is 9.53 Å². The van der Waals surface area contributed by atoms with Crippen molar-refractivity contribution in [2.45, 2.75) is 45.6 Å². The zero-order valence-corrected chi connectivity index (χ0v) is 11.9. The summed E-state index contributed by atoms with van der Waals surface area (Å²) in [7, 11) is 1.42. The SMILES string of the molecule is COC(=O)C(CC(C)C)Nc1ccc2c(n1)CCC2. The molecule has 104 valence electrons. The first-order chi connectivity index (χ1) is 9.10. The van der Waals surface area contributed by atoms with Crippen molar-refractivity contribution in [1.29, 1.82) is 0 Å². The minimum atomic E-state index is -0.322. The van der Waals surface area contributed by atoms with Crippen LogP contribution in [0.5, 0.6) is 0 Å². The summed E-state index contributed by atoms with van der Waals surface area (Å²) in [6.07, 6.45) is 4.08. The molecule has 1 aliphatic rings. The largest absolute Gasteiger partial charge is 0.467 e. The zero-order valence-electron chi connectivity index (χ0n) is 11.9. The predicted octanol–water partition coefficient (Wildman–Crippen LogP) is 2.57. The van der Waals surface area contributed by atoms with Gasteiger partial charge in [0.05, 0.1) is 7.11 Å². The monoisotopic (exact) mass is 262 g/mol. The van der Waals surface area contributed by atoms with E-state index in [9.17, 15) is 4.79 Å². The number of nitrogens with one attached hydrogen (secondary N) is 1. The first-order valence-corrected chi connectivity index (χ1v) is 6.93. The second-order valence-corrected chi connectivity index (χ2v) is 5.51. The Balaban J connectivity index is 2.10. The average Bonchev–Trinajstić information content (AvgIpc) is 2.84. The molecule has 1 aliphatic carbocycles. The lowest BCUT2D eigenvalue weighted by Gasteiger charge is -2.19. The Labute approximate surface area is 114 Å². The molecule has 1 heterocycles. The number of anilines is 1. The molecule has 4 nitrogen and oxygen atoms in total. The number of fused-ring (bicyclic) bond motifs is 1. The lowest BCUT2D eigenvalue weighted by molar-refractivity contribution is -0.141. The van der Waals surface area contributed by atoms with Gasteiger partial charge in [-0.05, 0) is 43.2 Å². The highest BCUT2D eigenvalue weighted by Crippen LogP contribution is 2.22. The van der Waals surface area contributed by atoms with E-state index in [0.717, 1.165) is 30.8 Å². The molecule has 0 saturated carbocycles. The number of carbonyl (C=O) groups excluding carboxylic acids is 1. The van der Waals surface area contributed by atoms with E-state index >= 15 is 0 Å². The number of aromatic nitrogens is 1. The van der Waals surface area contributed by atoms with Crippen LogP contribution in [0.15, 0.2) is 12.1 Å². The van der Waals surface area contributed by atoms with Crippen molar-refractivity contribution in [3.05, 3.63) is 23.4 Å². The van der Waals surface area contributed by atoms with Crippen LogP contribution in [0.25, 0.3) is 0 Å². The summed E-state index contributed by atoms with van der Waals surface area (Å²) in [5.74, 6) is 0.971. The van der Waals surface area contributed by atoms with Crippen LogP contribution in [0, 0.1) is 5.92 Å². The van der Waals surface area contributed by atoms with Gasteiger partial charge in [0.2, 0.25) is 0 Å². The summed E-state index contributed by atoms with van der Waals surface area (Å²) in [6, 6.07) is 3.75. The third kappa shape index (κ3) is 3.46.